The van der Waals surface area contributed by atoms with Gasteiger partial charge >= 0.3 is 0 Å². The van der Waals surface area contributed by atoms with Crippen LogP contribution in [0, 0.1) is 5.92 Å². The van der Waals surface area contributed by atoms with Crippen molar-refractivity contribution in [3.8, 4) is 5.75 Å². The quantitative estimate of drug-likeness (QED) is 0.181. The second kappa shape index (κ2) is 13.5. The number of hydrogen-bond acceptors (Lipinski definition) is 7. The van der Waals surface area contributed by atoms with Crippen LogP contribution in [0.5, 0.6) is 5.75 Å². The van der Waals surface area contributed by atoms with Gasteiger partial charge < -0.3 is 19.8 Å². The van der Waals surface area contributed by atoms with Gasteiger partial charge in [-0.15, -0.1) is 5.10 Å². The number of allylic oxidation sites excluding steroid dienone is 1. The fraction of sp³-hybridized carbons (Fsp3) is 0.231. The molecule has 3 atom stereocenters. The number of amides is 2. The molecule has 10 nitrogen and oxygen atoms in total. The lowest BCUT2D eigenvalue weighted by molar-refractivity contribution is -0.139. The number of hydrogen-bond donors (Lipinski definition) is 2. The third-order valence-electron chi connectivity index (χ3n) is 9.31. The average molecular weight is 656 g/mol. The van der Waals surface area contributed by atoms with E-state index in [2.05, 4.69) is 10.3 Å². The Labute approximate surface area is 284 Å². The maximum absolute atomic E-state index is 14.2. The fourth-order valence-electron chi connectivity index (χ4n) is 6.67. The zero-order valence-corrected chi connectivity index (χ0v) is 27.1. The molecule has 1 aromatic heterocycles. The smallest absolute Gasteiger partial charge is 0.269 e. The van der Waals surface area contributed by atoms with Crippen LogP contribution in [-0.4, -0.2) is 50.2 Å². The monoisotopic (exact) mass is 655 g/mol. The zero-order valence-electron chi connectivity index (χ0n) is 27.1. The number of aromatic nitrogens is 3. The van der Waals surface area contributed by atoms with Crippen LogP contribution in [0.25, 0.3) is 0 Å². The number of nitrogens with zero attached hydrogens (tertiary/aromatic N) is 5. The Kier molecular flexibility index (Phi) is 8.81. The van der Waals surface area contributed by atoms with Crippen LogP contribution < -0.4 is 14.5 Å². The second-order valence-corrected chi connectivity index (χ2v) is 12.4. The summed E-state index contributed by atoms with van der Waals surface area (Å²) in [5, 5.41) is 31.0. The molecule has 4 aromatic carbocycles. The Morgan fingerprint density at radius 2 is 1.67 bits per heavy atom. The lowest BCUT2D eigenvalue weighted by atomic mass is 9.82. The lowest BCUT2D eigenvalue weighted by Gasteiger charge is -2.31. The third-order valence-corrected chi connectivity index (χ3v) is 9.31. The minimum Gasteiger partial charge on any atom is -0.482 e. The van der Waals surface area contributed by atoms with Crippen molar-refractivity contribution in [1.82, 2.24) is 15.0 Å². The van der Waals surface area contributed by atoms with Crippen LogP contribution in [0.4, 0.5) is 17.1 Å². The van der Waals surface area contributed by atoms with E-state index in [1.807, 2.05) is 122 Å². The van der Waals surface area contributed by atoms with Gasteiger partial charge in [0, 0.05) is 29.9 Å². The van der Waals surface area contributed by atoms with Gasteiger partial charge in [-0.3, -0.25) is 19.2 Å². The first-order valence-electron chi connectivity index (χ1n) is 16.4. The molecule has 0 spiro atoms. The molecular weight excluding hydrogens is 618 g/mol. The number of benzene rings is 4. The Hall–Kier alpha value is -5.58. The van der Waals surface area contributed by atoms with Gasteiger partial charge in [-0.25, -0.2) is 0 Å². The van der Waals surface area contributed by atoms with Crippen LogP contribution in [-0.2, 0) is 28.3 Å². The Morgan fingerprint density at radius 3 is 2.45 bits per heavy atom. The molecule has 2 aliphatic heterocycles. The number of carbonyl (C=O) groups excluding carboxylic acids is 2. The topological polar surface area (TPSA) is 121 Å². The van der Waals surface area contributed by atoms with Gasteiger partial charge in [-0.2, -0.15) is 0 Å². The van der Waals surface area contributed by atoms with E-state index >= 15 is 0 Å². The molecule has 0 aliphatic carbocycles. The van der Waals surface area contributed by atoms with Crippen LogP contribution in [0.15, 0.2) is 121 Å². The highest BCUT2D eigenvalue weighted by Gasteiger charge is 2.53. The van der Waals surface area contributed by atoms with E-state index in [9.17, 15) is 19.8 Å². The number of para-hydroxylation sites is 2. The summed E-state index contributed by atoms with van der Waals surface area (Å²) in [5.41, 5.74) is 2.89. The number of fused-ring (bicyclic) bond motifs is 2. The molecule has 3 heterocycles. The Balaban J connectivity index is 1.15. The standard InChI is InChI=1S/C39H37N5O5/c1-27(12-10-11-21-42-24-33(40-41-42)31(25-45)29-15-6-3-7-16-29)39(48)32-22-30(44-35-17-8-9-18-36(35)49-26-37(44)46)19-20-34(32)43(38(39)47)23-28-13-4-2-5-14-28/h2-10,12-20,22,24,27,31,45,48H,11,21,23,25-26H2,1H3/b12-10+/t27-,31?,39+/m0/s1. The molecule has 2 amide bonds. The Morgan fingerprint density at radius 1 is 0.939 bits per heavy atom. The van der Waals surface area contributed by atoms with E-state index in [0.29, 0.717) is 47.0 Å². The molecule has 0 saturated carbocycles. The first kappa shape index (κ1) is 32.0. The zero-order chi connectivity index (χ0) is 34.0. The lowest BCUT2D eigenvalue weighted by Crippen LogP contribution is -2.44. The summed E-state index contributed by atoms with van der Waals surface area (Å²) < 4.78 is 7.38. The number of aliphatic hydroxyl groups excluding tert-OH is 1. The number of ether oxygens (including phenoxy) is 1. The minimum absolute atomic E-state index is 0.0799. The summed E-state index contributed by atoms with van der Waals surface area (Å²) in [6.07, 6.45) is 6.20. The van der Waals surface area contributed by atoms with Crippen LogP contribution in [0.3, 0.4) is 0 Å². The van der Waals surface area contributed by atoms with E-state index in [-0.39, 0.29) is 31.6 Å². The maximum Gasteiger partial charge on any atom is 0.269 e. The molecule has 248 valence electrons. The van der Waals surface area contributed by atoms with E-state index in [0.717, 1.165) is 11.1 Å². The van der Waals surface area contributed by atoms with E-state index < -0.39 is 17.4 Å². The maximum atomic E-state index is 14.2. The van der Waals surface area contributed by atoms with Crippen molar-refractivity contribution in [3.63, 3.8) is 0 Å². The van der Waals surface area contributed by atoms with Crippen molar-refractivity contribution in [2.45, 2.75) is 38.0 Å². The molecule has 0 bridgehead atoms. The van der Waals surface area contributed by atoms with Gasteiger partial charge in [0.2, 0.25) is 0 Å². The van der Waals surface area contributed by atoms with Gasteiger partial charge in [0.25, 0.3) is 11.8 Å². The summed E-state index contributed by atoms with van der Waals surface area (Å²) in [5.74, 6) is -0.955. The highest BCUT2D eigenvalue weighted by atomic mass is 16.5. The molecular formula is C39H37N5O5. The third kappa shape index (κ3) is 6.01. The molecule has 49 heavy (non-hydrogen) atoms. The van der Waals surface area contributed by atoms with Crippen molar-refractivity contribution >= 4 is 28.9 Å². The summed E-state index contributed by atoms with van der Waals surface area (Å²) in [4.78, 5) is 30.6. The van der Waals surface area contributed by atoms with Crippen LogP contribution in [0.1, 0.15) is 41.6 Å². The van der Waals surface area contributed by atoms with Crippen molar-refractivity contribution in [2.24, 2.45) is 5.92 Å². The molecule has 1 unspecified atom stereocenters. The summed E-state index contributed by atoms with van der Waals surface area (Å²) in [6.45, 7) is 2.44. The van der Waals surface area contributed by atoms with Gasteiger partial charge in [0.05, 0.1) is 36.1 Å². The van der Waals surface area contributed by atoms with E-state index in [1.165, 1.54) is 0 Å². The van der Waals surface area contributed by atoms with Crippen molar-refractivity contribution in [2.75, 3.05) is 23.0 Å². The van der Waals surface area contributed by atoms with Gasteiger partial charge in [-0.1, -0.05) is 97.1 Å². The number of aliphatic hydroxyl groups is 2. The molecule has 0 saturated heterocycles. The van der Waals surface area contributed by atoms with Crippen molar-refractivity contribution in [1.29, 1.82) is 0 Å². The summed E-state index contributed by atoms with van der Waals surface area (Å²) in [6, 6.07) is 32.0. The Bertz CT molecular complexity index is 2000. The van der Waals surface area contributed by atoms with Crippen molar-refractivity contribution in [3.05, 3.63) is 144 Å². The predicted molar refractivity (Wildman–Crippen MR) is 185 cm³/mol. The summed E-state index contributed by atoms with van der Waals surface area (Å²) in [7, 11) is 0. The number of anilines is 3. The highest BCUT2D eigenvalue weighted by molar-refractivity contribution is 6.09. The van der Waals surface area contributed by atoms with Gasteiger partial charge in [0.1, 0.15) is 5.75 Å². The average Bonchev–Trinajstić information content (AvgIpc) is 3.68. The van der Waals surface area contributed by atoms with E-state index in [1.54, 1.807) is 20.5 Å². The number of aryl methyl sites for hydroxylation is 1. The highest BCUT2D eigenvalue weighted by Crippen LogP contribution is 2.48. The fourth-order valence-corrected chi connectivity index (χ4v) is 6.67. The van der Waals surface area contributed by atoms with E-state index in [4.69, 9.17) is 4.74 Å². The number of carbonyl (C=O) groups is 2. The minimum atomic E-state index is -1.88. The molecule has 0 radical (unpaired) electrons. The molecule has 10 heteroatoms. The van der Waals surface area contributed by atoms with Gasteiger partial charge in [-0.05, 0) is 47.9 Å². The summed E-state index contributed by atoms with van der Waals surface area (Å²) >= 11 is 0. The molecule has 7 rings (SSSR count). The SMILES string of the molecule is C[C@@H](/C=C/CCn1cc(C(CO)c2ccccc2)nn1)[C@]1(O)C(=O)N(Cc2ccccc2)c2ccc(N3C(=O)COc4ccccc43)cc21. The molecule has 5 aromatic rings. The van der Waals surface area contributed by atoms with Crippen LogP contribution in [0.2, 0.25) is 0 Å². The molecule has 2 aliphatic rings. The molecule has 2 N–H and O–H groups in total. The first-order valence-corrected chi connectivity index (χ1v) is 16.4. The predicted octanol–water partition coefficient (Wildman–Crippen LogP) is 5.48. The second-order valence-electron chi connectivity index (χ2n) is 12.4. The largest absolute Gasteiger partial charge is 0.482 e. The van der Waals surface area contributed by atoms with Gasteiger partial charge in [0.15, 0.2) is 12.2 Å². The molecule has 0 fully saturated rings. The van der Waals surface area contributed by atoms with Crippen molar-refractivity contribution < 1.29 is 24.5 Å². The first-order chi connectivity index (χ1) is 23.9. The number of rotatable bonds is 11. The normalized spacial score (nSPS) is 18.3. The van der Waals surface area contributed by atoms with Crippen LogP contribution >= 0.6 is 0 Å².